The lowest BCUT2D eigenvalue weighted by Gasteiger charge is -2.30. The molecule has 0 spiro atoms. The topological polar surface area (TPSA) is 41.6 Å². The Morgan fingerprint density at radius 2 is 1.59 bits per heavy atom. The Kier molecular flexibility index (Phi) is 8.75. The van der Waals surface area contributed by atoms with Gasteiger partial charge in [-0.2, -0.15) is 0 Å². The van der Waals surface area contributed by atoms with Crippen molar-refractivity contribution in [2.75, 3.05) is 11.9 Å². The van der Waals surface area contributed by atoms with Crippen molar-refractivity contribution in [1.82, 2.24) is 4.90 Å². The molecule has 3 aromatic rings. The molecule has 1 atom stereocenters. The molecule has 0 aliphatic rings. The number of nitrogens with zero attached hydrogens (tertiary/aromatic N) is 1. The number of hydrogen-bond donors (Lipinski definition) is 1. The predicted molar refractivity (Wildman–Crippen MR) is 141 cm³/mol. The van der Waals surface area contributed by atoms with Gasteiger partial charge >= 0.3 is 6.03 Å². The number of urea groups is 1. The summed E-state index contributed by atoms with van der Waals surface area (Å²) in [6, 6.07) is 26.1. The van der Waals surface area contributed by atoms with E-state index in [1.165, 1.54) is 5.56 Å². The van der Waals surface area contributed by atoms with Crippen LogP contribution in [0.5, 0.6) is 5.75 Å². The van der Waals surface area contributed by atoms with E-state index in [4.69, 9.17) is 4.74 Å². The summed E-state index contributed by atoms with van der Waals surface area (Å²) in [5.74, 6) is 0.819. The molecule has 4 heteroatoms. The molecule has 3 aromatic carbocycles. The summed E-state index contributed by atoms with van der Waals surface area (Å²) in [7, 11) is 0. The van der Waals surface area contributed by atoms with E-state index in [0.29, 0.717) is 13.2 Å². The summed E-state index contributed by atoms with van der Waals surface area (Å²) in [5, 5.41) is 3.07. The monoisotopic (exact) mass is 458 g/mol. The smallest absolute Gasteiger partial charge is 0.322 e. The predicted octanol–water partition coefficient (Wildman–Crippen LogP) is 7.96. The number of amides is 2. The van der Waals surface area contributed by atoms with Gasteiger partial charge < -0.3 is 15.0 Å². The lowest BCUT2D eigenvalue weighted by molar-refractivity contribution is 0.189. The van der Waals surface area contributed by atoms with Gasteiger partial charge in [0.1, 0.15) is 5.75 Å². The van der Waals surface area contributed by atoms with Crippen molar-refractivity contribution in [3.8, 4) is 5.75 Å². The van der Waals surface area contributed by atoms with Crippen molar-refractivity contribution < 1.29 is 9.53 Å². The SMILES string of the molecule is CCCCOc1ccc(NC(=O)N(Cc2ccc(C(C)(C)C)cc2)C(C)c2ccccc2)cc1. The van der Waals surface area contributed by atoms with Gasteiger partial charge in [-0.15, -0.1) is 0 Å². The van der Waals surface area contributed by atoms with Crippen LogP contribution >= 0.6 is 0 Å². The van der Waals surface area contributed by atoms with Gasteiger partial charge in [0, 0.05) is 12.2 Å². The lowest BCUT2D eigenvalue weighted by atomic mass is 9.86. The number of benzene rings is 3. The van der Waals surface area contributed by atoms with Gasteiger partial charge in [-0.05, 0) is 59.7 Å². The van der Waals surface area contributed by atoms with E-state index >= 15 is 0 Å². The molecule has 3 rings (SSSR count). The first-order valence-corrected chi connectivity index (χ1v) is 12.2. The van der Waals surface area contributed by atoms with E-state index in [1.54, 1.807) is 0 Å². The standard InChI is InChI=1S/C30H38N2O2/c1-6-7-21-34-28-19-17-27(18-20-28)31-29(33)32(23(2)25-11-9-8-10-12-25)22-24-13-15-26(16-14-24)30(3,4)5/h8-20,23H,6-7,21-22H2,1-5H3,(H,31,33). The molecule has 0 fully saturated rings. The Morgan fingerprint density at radius 1 is 0.941 bits per heavy atom. The van der Waals surface area contributed by atoms with Crippen LogP contribution in [0.3, 0.4) is 0 Å². The number of ether oxygens (including phenoxy) is 1. The summed E-state index contributed by atoms with van der Waals surface area (Å²) in [6.45, 7) is 12.1. The Hall–Kier alpha value is -3.27. The van der Waals surface area contributed by atoms with Crippen molar-refractivity contribution in [1.29, 1.82) is 0 Å². The van der Waals surface area contributed by atoms with Gasteiger partial charge in [-0.1, -0.05) is 88.7 Å². The minimum absolute atomic E-state index is 0.0832. The van der Waals surface area contributed by atoms with E-state index in [0.717, 1.165) is 35.4 Å². The van der Waals surface area contributed by atoms with Gasteiger partial charge in [-0.25, -0.2) is 4.79 Å². The highest BCUT2D eigenvalue weighted by molar-refractivity contribution is 5.89. The maximum absolute atomic E-state index is 13.4. The molecular weight excluding hydrogens is 420 g/mol. The second-order valence-corrected chi connectivity index (χ2v) is 9.82. The third-order valence-electron chi connectivity index (χ3n) is 6.06. The molecule has 0 saturated carbocycles. The third kappa shape index (κ3) is 7.11. The zero-order chi connectivity index (χ0) is 24.6. The molecule has 0 radical (unpaired) electrons. The van der Waals surface area contributed by atoms with Crippen molar-refractivity contribution in [2.24, 2.45) is 0 Å². The van der Waals surface area contributed by atoms with Gasteiger partial charge in [0.2, 0.25) is 0 Å². The summed E-state index contributed by atoms with van der Waals surface area (Å²) in [4.78, 5) is 15.3. The molecule has 0 bridgehead atoms. The Balaban J connectivity index is 1.77. The summed E-state index contributed by atoms with van der Waals surface area (Å²) < 4.78 is 5.74. The largest absolute Gasteiger partial charge is 0.494 e. The molecule has 1 N–H and O–H groups in total. The zero-order valence-corrected chi connectivity index (χ0v) is 21.2. The molecule has 2 amide bonds. The van der Waals surface area contributed by atoms with Crippen LogP contribution < -0.4 is 10.1 Å². The first-order chi connectivity index (χ1) is 16.3. The molecule has 0 aliphatic heterocycles. The zero-order valence-electron chi connectivity index (χ0n) is 21.2. The van der Waals surface area contributed by atoms with E-state index in [9.17, 15) is 4.79 Å². The number of carbonyl (C=O) groups is 1. The second-order valence-electron chi connectivity index (χ2n) is 9.82. The molecular formula is C30H38N2O2. The van der Waals surface area contributed by atoms with Crippen molar-refractivity contribution >= 4 is 11.7 Å². The highest BCUT2D eigenvalue weighted by Gasteiger charge is 2.22. The van der Waals surface area contributed by atoms with Crippen LogP contribution in [0.2, 0.25) is 0 Å². The van der Waals surface area contributed by atoms with Crippen molar-refractivity contribution in [3.63, 3.8) is 0 Å². The fraction of sp³-hybridized carbons (Fsp3) is 0.367. The Morgan fingerprint density at radius 3 is 2.18 bits per heavy atom. The normalized spacial score (nSPS) is 12.1. The second kappa shape index (κ2) is 11.7. The molecule has 0 heterocycles. The van der Waals surface area contributed by atoms with E-state index in [-0.39, 0.29) is 17.5 Å². The molecule has 0 aromatic heterocycles. The quantitative estimate of drug-likeness (QED) is 0.330. The van der Waals surface area contributed by atoms with Crippen molar-refractivity contribution in [3.05, 3.63) is 95.6 Å². The Labute approximate surface area is 205 Å². The minimum atomic E-state index is -0.129. The fourth-order valence-electron chi connectivity index (χ4n) is 3.77. The average Bonchev–Trinajstić information content (AvgIpc) is 2.83. The van der Waals surface area contributed by atoms with Gasteiger partial charge in [0.05, 0.1) is 12.6 Å². The van der Waals surface area contributed by atoms with Crippen LogP contribution in [0.4, 0.5) is 10.5 Å². The first-order valence-electron chi connectivity index (χ1n) is 12.2. The van der Waals surface area contributed by atoms with Gasteiger partial charge in [-0.3, -0.25) is 0 Å². The number of carbonyl (C=O) groups excluding carboxylic acids is 1. The number of hydrogen-bond acceptors (Lipinski definition) is 2. The summed E-state index contributed by atoms with van der Waals surface area (Å²) in [5.41, 5.74) is 4.33. The van der Waals surface area contributed by atoms with Gasteiger partial charge in [0.25, 0.3) is 0 Å². The van der Waals surface area contributed by atoms with Crippen LogP contribution in [-0.4, -0.2) is 17.5 Å². The number of unbranched alkanes of at least 4 members (excludes halogenated alkanes) is 1. The van der Waals surface area contributed by atoms with Crippen LogP contribution in [0.1, 0.15) is 70.2 Å². The molecule has 180 valence electrons. The fourth-order valence-corrected chi connectivity index (χ4v) is 3.77. The highest BCUT2D eigenvalue weighted by Crippen LogP contribution is 2.26. The van der Waals surface area contributed by atoms with Crippen LogP contribution in [0.25, 0.3) is 0 Å². The molecule has 1 unspecified atom stereocenters. The maximum atomic E-state index is 13.4. The summed E-state index contributed by atoms with van der Waals surface area (Å²) >= 11 is 0. The minimum Gasteiger partial charge on any atom is -0.494 e. The van der Waals surface area contributed by atoms with Gasteiger partial charge in [0.15, 0.2) is 0 Å². The molecule has 0 saturated heterocycles. The highest BCUT2D eigenvalue weighted by atomic mass is 16.5. The molecule has 4 nitrogen and oxygen atoms in total. The van der Waals surface area contributed by atoms with Crippen LogP contribution in [-0.2, 0) is 12.0 Å². The van der Waals surface area contributed by atoms with E-state index in [2.05, 4.69) is 76.3 Å². The van der Waals surface area contributed by atoms with Crippen LogP contribution in [0, 0.1) is 0 Å². The number of rotatable bonds is 9. The van der Waals surface area contributed by atoms with Crippen LogP contribution in [0.15, 0.2) is 78.9 Å². The molecule has 0 aliphatic carbocycles. The summed E-state index contributed by atoms with van der Waals surface area (Å²) in [6.07, 6.45) is 2.13. The average molecular weight is 459 g/mol. The number of anilines is 1. The number of nitrogens with one attached hydrogen (secondary N) is 1. The first kappa shape index (κ1) is 25.4. The third-order valence-corrected chi connectivity index (χ3v) is 6.06. The lowest BCUT2D eigenvalue weighted by Crippen LogP contribution is -2.36. The van der Waals surface area contributed by atoms with Crippen molar-refractivity contribution in [2.45, 2.75) is 65.5 Å². The van der Waals surface area contributed by atoms with E-state index < -0.39 is 0 Å². The molecule has 34 heavy (non-hydrogen) atoms. The Bertz CT molecular complexity index is 1020. The maximum Gasteiger partial charge on any atom is 0.322 e. The van der Waals surface area contributed by atoms with E-state index in [1.807, 2.05) is 47.4 Å².